The molecular formula is C13H17Cl2N5S. The van der Waals surface area contributed by atoms with Gasteiger partial charge in [0.05, 0.1) is 8.67 Å². The maximum Gasteiger partial charge on any atom is 0.227 e. The molecule has 2 aromatic rings. The summed E-state index contributed by atoms with van der Waals surface area (Å²) >= 11 is 13.5. The van der Waals surface area contributed by atoms with Crippen LogP contribution in [0.1, 0.15) is 31.2 Å². The number of hydrogen-bond acceptors (Lipinski definition) is 6. The van der Waals surface area contributed by atoms with Crippen LogP contribution in [-0.4, -0.2) is 21.0 Å². The van der Waals surface area contributed by atoms with Gasteiger partial charge in [0.1, 0.15) is 5.82 Å². The van der Waals surface area contributed by atoms with Crippen molar-refractivity contribution in [3.8, 4) is 0 Å². The average molecular weight is 346 g/mol. The number of nitrogens with zero attached hydrogens (tertiary/aromatic N) is 3. The SMILES string of the molecule is CCC(CCc1cc(Cl)sc1Cl)Nc1nc(C)nc(N)n1. The summed E-state index contributed by atoms with van der Waals surface area (Å²) in [6.45, 7) is 3.90. The predicted octanol–water partition coefficient (Wildman–Crippen LogP) is 3.95. The normalized spacial score (nSPS) is 12.4. The third-order valence-corrected chi connectivity index (χ3v) is 4.65. The Morgan fingerprint density at radius 1 is 1.33 bits per heavy atom. The molecule has 0 bridgehead atoms. The maximum atomic E-state index is 6.14. The third kappa shape index (κ3) is 4.69. The Hall–Kier alpha value is -1.11. The average Bonchev–Trinajstić information content (AvgIpc) is 2.71. The van der Waals surface area contributed by atoms with Gasteiger partial charge in [-0.1, -0.05) is 30.1 Å². The van der Waals surface area contributed by atoms with E-state index in [9.17, 15) is 0 Å². The summed E-state index contributed by atoms with van der Waals surface area (Å²) in [6, 6.07) is 2.16. The van der Waals surface area contributed by atoms with E-state index in [-0.39, 0.29) is 12.0 Å². The molecule has 114 valence electrons. The van der Waals surface area contributed by atoms with Crippen LogP contribution in [-0.2, 0) is 6.42 Å². The fourth-order valence-electron chi connectivity index (χ4n) is 2.00. The Balaban J connectivity index is 1.98. The molecule has 0 aliphatic carbocycles. The number of rotatable bonds is 6. The van der Waals surface area contributed by atoms with E-state index in [2.05, 4.69) is 27.2 Å². The molecule has 0 spiro atoms. The zero-order valence-electron chi connectivity index (χ0n) is 11.9. The van der Waals surface area contributed by atoms with Crippen LogP contribution in [0, 0.1) is 6.92 Å². The molecule has 0 saturated heterocycles. The molecule has 2 aromatic heterocycles. The summed E-state index contributed by atoms with van der Waals surface area (Å²) in [6.07, 6.45) is 2.71. The zero-order chi connectivity index (χ0) is 15.4. The summed E-state index contributed by atoms with van der Waals surface area (Å²) in [5, 5.41) is 3.29. The van der Waals surface area contributed by atoms with Gasteiger partial charge < -0.3 is 11.1 Å². The van der Waals surface area contributed by atoms with E-state index in [0.717, 1.165) is 33.5 Å². The first-order valence-electron chi connectivity index (χ1n) is 6.66. The van der Waals surface area contributed by atoms with Crippen LogP contribution in [0.5, 0.6) is 0 Å². The molecular weight excluding hydrogens is 329 g/mol. The highest BCUT2D eigenvalue weighted by atomic mass is 35.5. The molecule has 0 amide bonds. The summed E-state index contributed by atoms with van der Waals surface area (Å²) in [7, 11) is 0. The number of nitrogens with one attached hydrogen (secondary N) is 1. The number of hydrogen-bond donors (Lipinski definition) is 2. The molecule has 1 unspecified atom stereocenters. The van der Waals surface area contributed by atoms with Crippen LogP contribution in [0.25, 0.3) is 0 Å². The molecule has 2 rings (SSSR count). The van der Waals surface area contributed by atoms with Gasteiger partial charge in [-0.3, -0.25) is 0 Å². The first-order chi connectivity index (χ1) is 9.97. The van der Waals surface area contributed by atoms with Gasteiger partial charge in [-0.05, 0) is 37.8 Å². The minimum absolute atomic E-state index is 0.229. The van der Waals surface area contributed by atoms with Crippen LogP contribution < -0.4 is 11.1 Å². The number of thiophene rings is 1. The van der Waals surface area contributed by atoms with E-state index in [4.69, 9.17) is 28.9 Å². The summed E-state index contributed by atoms with van der Waals surface area (Å²) in [5.74, 6) is 1.35. The van der Waals surface area contributed by atoms with E-state index >= 15 is 0 Å². The van der Waals surface area contributed by atoms with E-state index in [1.165, 1.54) is 11.3 Å². The fraction of sp³-hybridized carbons (Fsp3) is 0.462. The molecule has 0 aliphatic heterocycles. The highest BCUT2D eigenvalue weighted by molar-refractivity contribution is 7.20. The number of anilines is 2. The molecule has 21 heavy (non-hydrogen) atoms. The van der Waals surface area contributed by atoms with Crippen molar-refractivity contribution < 1.29 is 0 Å². The minimum Gasteiger partial charge on any atom is -0.368 e. The lowest BCUT2D eigenvalue weighted by Gasteiger charge is -2.16. The van der Waals surface area contributed by atoms with E-state index in [0.29, 0.717) is 11.8 Å². The lowest BCUT2D eigenvalue weighted by atomic mass is 10.1. The topological polar surface area (TPSA) is 76.7 Å². The van der Waals surface area contributed by atoms with Gasteiger partial charge in [0.15, 0.2) is 0 Å². The fourth-order valence-corrected chi connectivity index (χ4v) is 3.55. The maximum absolute atomic E-state index is 6.14. The van der Waals surface area contributed by atoms with Crippen molar-refractivity contribution in [1.82, 2.24) is 15.0 Å². The second kappa shape index (κ2) is 7.24. The molecule has 8 heteroatoms. The van der Waals surface area contributed by atoms with Gasteiger partial charge in [-0.25, -0.2) is 0 Å². The van der Waals surface area contributed by atoms with Gasteiger partial charge >= 0.3 is 0 Å². The predicted molar refractivity (Wildman–Crippen MR) is 89.3 cm³/mol. The highest BCUT2D eigenvalue weighted by Gasteiger charge is 2.12. The van der Waals surface area contributed by atoms with E-state index < -0.39 is 0 Å². The Labute approximate surface area is 137 Å². The monoisotopic (exact) mass is 345 g/mol. The Morgan fingerprint density at radius 3 is 2.67 bits per heavy atom. The van der Waals surface area contributed by atoms with Gasteiger partial charge in [0, 0.05) is 6.04 Å². The van der Waals surface area contributed by atoms with Gasteiger partial charge in [-0.2, -0.15) is 15.0 Å². The molecule has 5 nitrogen and oxygen atoms in total. The van der Waals surface area contributed by atoms with E-state index in [1.54, 1.807) is 6.92 Å². The van der Waals surface area contributed by atoms with Crippen LogP contribution in [0.2, 0.25) is 8.67 Å². The summed E-state index contributed by atoms with van der Waals surface area (Å²) in [5.41, 5.74) is 6.71. The van der Waals surface area contributed by atoms with Crippen molar-refractivity contribution in [2.45, 2.75) is 39.2 Å². The number of aromatic nitrogens is 3. The Morgan fingerprint density at radius 2 is 2.10 bits per heavy atom. The molecule has 1 atom stereocenters. The zero-order valence-corrected chi connectivity index (χ0v) is 14.2. The number of nitrogen functional groups attached to an aromatic ring is 1. The van der Waals surface area contributed by atoms with E-state index in [1.807, 2.05) is 6.07 Å². The largest absolute Gasteiger partial charge is 0.368 e. The van der Waals surface area contributed by atoms with Crippen LogP contribution in [0.4, 0.5) is 11.9 Å². The Bertz CT molecular complexity index is 596. The lowest BCUT2D eigenvalue weighted by molar-refractivity contribution is 0.627. The van der Waals surface area contributed by atoms with Crippen molar-refractivity contribution in [3.05, 3.63) is 26.1 Å². The first-order valence-corrected chi connectivity index (χ1v) is 8.23. The smallest absolute Gasteiger partial charge is 0.227 e. The molecule has 0 aromatic carbocycles. The molecule has 0 radical (unpaired) electrons. The molecule has 0 saturated carbocycles. The number of halogens is 2. The quantitative estimate of drug-likeness (QED) is 0.828. The molecule has 3 N–H and O–H groups in total. The summed E-state index contributed by atoms with van der Waals surface area (Å²) in [4.78, 5) is 12.3. The third-order valence-electron chi connectivity index (χ3n) is 3.08. The second-order valence-corrected chi connectivity index (χ2v) is 6.99. The second-order valence-electron chi connectivity index (χ2n) is 4.70. The highest BCUT2D eigenvalue weighted by Crippen LogP contribution is 2.32. The van der Waals surface area contributed by atoms with Crippen LogP contribution >= 0.6 is 34.5 Å². The lowest BCUT2D eigenvalue weighted by Crippen LogP contribution is -2.21. The molecule has 0 fully saturated rings. The van der Waals surface area contributed by atoms with Crippen molar-refractivity contribution >= 4 is 46.4 Å². The van der Waals surface area contributed by atoms with Crippen molar-refractivity contribution in [1.29, 1.82) is 0 Å². The summed E-state index contributed by atoms with van der Waals surface area (Å²) < 4.78 is 1.48. The number of aryl methyl sites for hydroxylation is 2. The van der Waals surface area contributed by atoms with Gasteiger partial charge in [-0.15, -0.1) is 11.3 Å². The molecule has 0 aliphatic rings. The first kappa shape index (κ1) is 16.3. The molecule has 2 heterocycles. The van der Waals surface area contributed by atoms with Crippen molar-refractivity contribution in [2.75, 3.05) is 11.1 Å². The van der Waals surface area contributed by atoms with Gasteiger partial charge in [0.25, 0.3) is 0 Å². The minimum atomic E-state index is 0.229. The van der Waals surface area contributed by atoms with Crippen molar-refractivity contribution in [2.24, 2.45) is 0 Å². The number of nitrogens with two attached hydrogens (primary N) is 1. The standard InChI is InChI=1S/C13H17Cl2N5S/c1-3-9(5-4-8-6-10(14)21-11(8)15)19-13-18-7(2)17-12(16)20-13/h6,9H,3-5H2,1-2H3,(H3,16,17,18,19,20). The van der Waals surface area contributed by atoms with Crippen LogP contribution in [0.3, 0.4) is 0 Å². The Kier molecular flexibility index (Phi) is 5.61. The van der Waals surface area contributed by atoms with Crippen molar-refractivity contribution in [3.63, 3.8) is 0 Å². The van der Waals surface area contributed by atoms with Gasteiger partial charge in [0.2, 0.25) is 11.9 Å². The van der Waals surface area contributed by atoms with Crippen LogP contribution in [0.15, 0.2) is 6.07 Å².